The SMILES string of the molecule is CN1C(=O)N[C@H](c2cccc(Oc3ccccc3)c2)C2=C1CN(CC(=O)NN1CCOCC1)C2=O. The molecule has 182 valence electrons. The summed E-state index contributed by atoms with van der Waals surface area (Å²) in [5.74, 6) is 0.725. The van der Waals surface area contributed by atoms with Crippen molar-refractivity contribution in [2.45, 2.75) is 6.04 Å². The molecule has 2 N–H and O–H groups in total. The molecule has 0 saturated carbocycles. The first-order valence-corrected chi connectivity index (χ1v) is 11.5. The Morgan fingerprint density at radius 2 is 1.83 bits per heavy atom. The van der Waals surface area contributed by atoms with Crippen LogP contribution in [0.15, 0.2) is 65.9 Å². The second-order valence-corrected chi connectivity index (χ2v) is 8.59. The first kappa shape index (κ1) is 22.9. The number of urea groups is 1. The van der Waals surface area contributed by atoms with Gasteiger partial charge in [0.15, 0.2) is 0 Å². The van der Waals surface area contributed by atoms with Crippen molar-refractivity contribution in [2.75, 3.05) is 46.4 Å². The van der Waals surface area contributed by atoms with Gasteiger partial charge in [0.2, 0.25) is 0 Å². The van der Waals surface area contributed by atoms with Crippen molar-refractivity contribution in [1.29, 1.82) is 0 Å². The molecule has 0 spiro atoms. The van der Waals surface area contributed by atoms with Crippen LogP contribution >= 0.6 is 0 Å². The highest BCUT2D eigenvalue weighted by atomic mass is 16.5. The summed E-state index contributed by atoms with van der Waals surface area (Å²) in [5.41, 5.74) is 4.61. The van der Waals surface area contributed by atoms with E-state index >= 15 is 0 Å². The molecule has 2 aromatic carbocycles. The summed E-state index contributed by atoms with van der Waals surface area (Å²) in [5, 5.41) is 4.71. The number of carbonyl (C=O) groups is 3. The van der Waals surface area contributed by atoms with Crippen LogP contribution in [-0.2, 0) is 14.3 Å². The van der Waals surface area contributed by atoms with E-state index in [9.17, 15) is 14.4 Å². The fourth-order valence-electron chi connectivity index (χ4n) is 4.44. The van der Waals surface area contributed by atoms with Crippen molar-refractivity contribution in [3.05, 3.63) is 71.4 Å². The van der Waals surface area contributed by atoms with Gasteiger partial charge in [-0.25, -0.2) is 9.80 Å². The molecule has 3 heterocycles. The van der Waals surface area contributed by atoms with E-state index in [0.29, 0.717) is 49.1 Å². The molecule has 0 aliphatic carbocycles. The summed E-state index contributed by atoms with van der Waals surface area (Å²) >= 11 is 0. The monoisotopic (exact) mass is 477 g/mol. The van der Waals surface area contributed by atoms with Gasteiger partial charge in [-0.2, -0.15) is 0 Å². The van der Waals surface area contributed by atoms with E-state index in [2.05, 4.69) is 10.7 Å². The maximum absolute atomic E-state index is 13.4. The van der Waals surface area contributed by atoms with Gasteiger partial charge in [-0.1, -0.05) is 30.3 Å². The normalized spacial score (nSPS) is 20.5. The van der Waals surface area contributed by atoms with Gasteiger partial charge >= 0.3 is 6.03 Å². The first-order chi connectivity index (χ1) is 17.0. The van der Waals surface area contributed by atoms with Gasteiger partial charge in [0.1, 0.15) is 18.0 Å². The molecule has 2 aromatic rings. The van der Waals surface area contributed by atoms with Crippen molar-refractivity contribution in [3.8, 4) is 11.5 Å². The lowest BCUT2D eigenvalue weighted by molar-refractivity contribution is -0.135. The van der Waals surface area contributed by atoms with Crippen LogP contribution in [0.2, 0.25) is 0 Å². The highest BCUT2D eigenvalue weighted by Crippen LogP contribution is 2.37. The predicted molar refractivity (Wildman–Crippen MR) is 126 cm³/mol. The molecule has 10 heteroatoms. The Labute approximate surface area is 203 Å². The minimum absolute atomic E-state index is 0.102. The molecule has 10 nitrogen and oxygen atoms in total. The van der Waals surface area contributed by atoms with Crippen molar-refractivity contribution in [3.63, 3.8) is 0 Å². The van der Waals surface area contributed by atoms with Crippen molar-refractivity contribution in [1.82, 2.24) is 25.6 Å². The number of benzene rings is 2. The Bertz CT molecular complexity index is 1160. The Balaban J connectivity index is 1.34. The average Bonchev–Trinajstić information content (AvgIpc) is 3.19. The summed E-state index contributed by atoms with van der Waals surface area (Å²) in [4.78, 5) is 41.7. The third-order valence-electron chi connectivity index (χ3n) is 6.23. The van der Waals surface area contributed by atoms with E-state index in [-0.39, 0.29) is 30.9 Å². The van der Waals surface area contributed by atoms with Gasteiger partial charge in [0, 0.05) is 20.1 Å². The minimum atomic E-state index is -0.646. The van der Waals surface area contributed by atoms with E-state index in [1.165, 1.54) is 9.80 Å². The number of morpholine rings is 1. The van der Waals surface area contributed by atoms with E-state index in [1.807, 2.05) is 54.6 Å². The van der Waals surface area contributed by atoms with Gasteiger partial charge in [-0.05, 0) is 29.8 Å². The number of hydrogen-bond donors (Lipinski definition) is 2. The lowest BCUT2D eigenvalue weighted by Gasteiger charge is -2.31. The summed E-state index contributed by atoms with van der Waals surface area (Å²) in [7, 11) is 1.63. The van der Waals surface area contributed by atoms with Crippen LogP contribution in [0, 0.1) is 0 Å². The summed E-state index contributed by atoms with van der Waals surface area (Å²) in [6.07, 6.45) is 0. The van der Waals surface area contributed by atoms with Gasteiger partial charge in [0.05, 0.1) is 37.1 Å². The topological polar surface area (TPSA) is 103 Å². The molecule has 1 fully saturated rings. The zero-order valence-corrected chi connectivity index (χ0v) is 19.4. The Morgan fingerprint density at radius 1 is 1.09 bits per heavy atom. The number of rotatable bonds is 6. The number of para-hydroxylation sites is 1. The summed E-state index contributed by atoms with van der Waals surface area (Å²) < 4.78 is 11.2. The number of likely N-dealkylation sites (N-methyl/N-ethyl adjacent to an activating group) is 1. The zero-order chi connectivity index (χ0) is 24.4. The van der Waals surface area contributed by atoms with E-state index < -0.39 is 6.04 Å². The number of ether oxygens (including phenoxy) is 2. The third-order valence-corrected chi connectivity index (χ3v) is 6.23. The molecule has 3 aliphatic rings. The average molecular weight is 478 g/mol. The van der Waals surface area contributed by atoms with Crippen LogP contribution in [0.25, 0.3) is 0 Å². The van der Waals surface area contributed by atoms with Crippen LogP contribution in [0.1, 0.15) is 11.6 Å². The lowest BCUT2D eigenvalue weighted by Crippen LogP contribution is -2.51. The summed E-state index contributed by atoms with van der Waals surface area (Å²) in [6, 6.07) is 15.7. The van der Waals surface area contributed by atoms with Crippen molar-refractivity contribution >= 4 is 17.8 Å². The fourth-order valence-corrected chi connectivity index (χ4v) is 4.44. The van der Waals surface area contributed by atoms with E-state index in [1.54, 1.807) is 12.1 Å². The maximum atomic E-state index is 13.4. The molecular formula is C25H27N5O5. The van der Waals surface area contributed by atoms with Crippen molar-refractivity contribution in [2.24, 2.45) is 0 Å². The van der Waals surface area contributed by atoms with Crippen LogP contribution in [0.3, 0.4) is 0 Å². The van der Waals surface area contributed by atoms with Gasteiger partial charge < -0.3 is 19.7 Å². The molecule has 0 unspecified atom stereocenters. The quantitative estimate of drug-likeness (QED) is 0.656. The minimum Gasteiger partial charge on any atom is -0.457 e. The summed E-state index contributed by atoms with van der Waals surface area (Å²) in [6.45, 7) is 2.37. The largest absolute Gasteiger partial charge is 0.457 e. The van der Waals surface area contributed by atoms with Crippen LogP contribution in [0.5, 0.6) is 11.5 Å². The molecule has 35 heavy (non-hydrogen) atoms. The van der Waals surface area contributed by atoms with Crippen LogP contribution in [0.4, 0.5) is 4.79 Å². The number of carbonyl (C=O) groups excluding carboxylic acids is 3. The standard InChI is InChI=1S/C25H27N5O5/c1-28-20-15-29(16-21(31)27-30-10-12-34-13-11-30)24(32)22(20)23(26-25(28)33)17-6-5-9-19(14-17)35-18-7-3-2-4-8-18/h2-9,14,23H,10-13,15-16H2,1H3,(H,26,33)(H,27,31)/t23-/m1/s1. The number of nitrogens with zero attached hydrogens (tertiary/aromatic N) is 3. The van der Waals surface area contributed by atoms with Crippen LogP contribution < -0.4 is 15.5 Å². The maximum Gasteiger partial charge on any atom is 0.322 e. The molecule has 0 radical (unpaired) electrons. The Morgan fingerprint density at radius 3 is 2.60 bits per heavy atom. The molecular weight excluding hydrogens is 450 g/mol. The van der Waals surface area contributed by atoms with E-state index in [0.717, 1.165) is 5.56 Å². The van der Waals surface area contributed by atoms with Gasteiger partial charge in [-0.15, -0.1) is 0 Å². The molecule has 4 amide bonds. The van der Waals surface area contributed by atoms with Crippen LogP contribution in [-0.4, -0.2) is 79.1 Å². The van der Waals surface area contributed by atoms with E-state index in [4.69, 9.17) is 9.47 Å². The first-order valence-electron chi connectivity index (χ1n) is 11.5. The third kappa shape index (κ3) is 4.84. The smallest absolute Gasteiger partial charge is 0.322 e. The Kier molecular flexibility index (Phi) is 6.39. The zero-order valence-electron chi connectivity index (χ0n) is 19.4. The number of nitrogens with one attached hydrogen (secondary N) is 2. The molecule has 0 aromatic heterocycles. The Hall–Kier alpha value is -3.89. The molecule has 3 aliphatic heterocycles. The number of hydrazine groups is 1. The molecule has 5 rings (SSSR count). The van der Waals surface area contributed by atoms with Crippen molar-refractivity contribution < 1.29 is 23.9 Å². The van der Waals surface area contributed by atoms with Gasteiger partial charge in [0.25, 0.3) is 11.8 Å². The predicted octanol–water partition coefficient (Wildman–Crippen LogP) is 1.63. The second kappa shape index (κ2) is 9.77. The number of hydrogen-bond acceptors (Lipinski definition) is 6. The molecule has 1 atom stereocenters. The number of amides is 4. The molecule has 0 bridgehead atoms. The highest BCUT2D eigenvalue weighted by Gasteiger charge is 2.43. The molecule has 1 saturated heterocycles. The highest BCUT2D eigenvalue weighted by molar-refractivity contribution is 6.02. The second-order valence-electron chi connectivity index (χ2n) is 8.59. The lowest BCUT2D eigenvalue weighted by atomic mass is 9.95. The van der Waals surface area contributed by atoms with Gasteiger partial charge in [-0.3, -0.25) is 19.9 Å². The fraction of sp³-hybridized carbons (Fsp3) is 0.320.